The van der Waals surface area contributed by atoms with Gasteiger partial charge in [-0.25, -0.2) is 9.07 Å². The van der Waals surface area contributed by atoms with E-state index in [2.05, 4.69) is 21.0 Å². The number of hydrogen-bond acceptors (Lipinski definition) is 4. The van der Waals surface area contributed by atoms with Crippen molar-refractivity contribution in [1.82, 2.24) is 14.3 Å². The summed E-state index contributed by atoms with van der Waals surface area (Å²) in [6.45, 7) is 0.238. The van der Waals surface area contributed by atoms with Gasteiger partial charge in [-0.05, 0) is 39.7 Å². The highest BCUT2D eigenvalue weighted by Crippen LogP contribution is 2.35. The van der Waals surface area contributed by atoms with Crippen LogP contribution in [0.2, 0.25) is 0 Å². The topological polar surface area (TPSA) is 65.8 Å². The van der Waals surface area contributed by atoms with Crippen molar-refractivity contribution in [2.75, 3.05) is 5.73 Å². The van der Waals surface area contributed by atoms with Crippen molar-refractivity contribution in [3.63, 3.8) is 0 Å². The van der Waals surface area contributed by atoms with Crippen molar-refractivity contribution in [2.45, 2.75) is 6.54 Å². The van der Waals surface area contributed by atoms with Gasteiger partial charge in [-0.1, -0.05) is 6.07 Å². The summed E-state index contributed by atoms with van der Waals surface area (Å²) in [6, 6.07) is 6.41. The van der Waals surface area contributed by atoms with Gasteiger partial charge in [0, 0.05) is 12.4 Å². The van der Waals surface area contributed by atoms with Crippen LogP contribution in [0.1, 0.15) is 5.56 Å². The number of aryl methyl sites for hydroxylation is 1. The maximum absolute atomic E-state index is 13.3. The first-order valence-corrected chi connectivity index (χ1v) is 8.74. The van der Waals surface area contributed by atoms with Gasteiger partial charge in [0.15, 0.2) is 0 Å². The summed E-state index contributed by atoms with van der Waals surface area (Å²) >= 11 is 5.05. The highest BCUT2D eigenvalue weighted by molar-refractivity contribution is 9.11. The van der Waals surface area contributed by atoms with E-state index in [1.54, 1.807) is 23.6 Å². The second-order valence-electron chi connectivity index (χ2n) is 5.55. The number of anilines is 1. The monoisotopic (exact) mass is 406 g/mol. The Bertz CT molecular complexity index is 1160. The predicted octanol–water partition coefficient (Wildman–Crippen LogP) is 3.48. The quantitative estimate of drug-likeness (QED) is 0.518. The second kappa shape index (κ2) is 5.42. The van der Waals surface area contributed by atoms with Crippen molar-refractivity contribution >= 4 is 54.1 Å². The van der Waals surface area contributed by atoms with Gasteiger partial charge >= 0.3 is 0 Å². The molecule has 0 fully saturated rings. The zero-order valence-electron chi connectivity index (χ0n) is 12.6. The van der Waals surface area contributed by atoms with Gasteiger partial charge in [-0.3, -0.25) is 4.79 Å². The van der Waals surface area contributed by atoms with Crippen molar-refractivity contribution in [1.29, 1.82) is 0 Å². The molecule has 1 aromatic carbocycles. The van der Waals surface area contributed by atoms with E-state index in [-0.39, 0.29) is 17.8 Å². The van der Waals surface area contributed by atoms with E-state index in [1.165, 1.54) is 16.8 Å². The van der Waals surface area contributed by atoms with Crippen LogP contribution in [0.5, 0.6) is 0 Å². The minimum absolute atomic E-state index is 0.0610. The van der Waals surface area contributed by atoms with Crippen LogP contribution in [0.4, 0.5) is 10.1 Å². The third-order valence-electron chi connectivity index (χ3n) is 4.03. The normalized spacial score (nSPS) is 11.6. The van der Waals surface area contributed by atoms with Crippen molar-refractivity contribution in [3.8, 4) is 0 Å². The molecule has 0 saturated heterocycles. The molecule has 8 heteroatoms. The van der Waals surface area contributed by atoms with E-state index in [0.29, 0.717) is 5.52 Å². The molecule has 5 nitrogen and oxygen atoms in total. The third kappa shape index (κ3) is 2.25. The Balaban J connectivity index is 1.88. The standard InChI is InChI=1S/C16H12BrFN4OS/c1-21-12-5-13(17)24-15(12)9-6-20-22(16(23)14(9)21)7-8-2-3-10(18)11(19)4-8/h2-6H,7,19H2,1H3. The highest BCUT2D eigenvalue weighted by Gasteiger charge is 2.16. The molecule has 3 aromatic heterocycles. The Morgan fingerprint density at radius 3 is 2.92 bits per heavy atom. The summed E-state index contributed by atoms with van der Waals surface area (Å²) < 4.78 is 18.6. The molecule has 3 heterocycles. The Kier molecular flexibility index (Phi) is 3.47. The average molecular weight is 407 g/mol. The number of hydrogen-bond donors (Lipinski definition) is 1. The van der Waals surface area contributed by atoms with Gasteiger partial charge in [0.2, 0.25) is 0 Å². The van der Waals surface area contributed by atoms with E-state index < -0.39 is 5.82 Å². The zero-order chi connectivity index (χ0) is 17.0. The van der Waals surface area contributed by atoms with E-state index >= 15 is 0 Å². The first-order valence-electron chi connectivity index (χ1n) is 7.13. The molecule has 0 unspecified atom stereocenters. The van der Waals surface area contributed by atoms with Gasteiger partial charge in [0.05, 0.1) is 32.4 Å². The van der Waals surface area contributed by atoms with Crippen LogP contribution in [0.3, 0.4) is 0 Å². The Morgan fingerprint density at radius 1 is 1.38 bits per heavy atom. The molecule has 0 amide bonds. The number of halogens is 2. The Hall–Kier alpha value is -2.19. The number of thiophene rings is 1. The molecule has 0 bridgehead atoms. The number of benzene rings is 1. The molecule has 0 aliphatic heterocycles. The lowest BCUT2D eigenvalue weighted by atomic mass is 10.2. The molecule has 0 saturated carbocycles. The SMILES string of the molecule is Cn1c2cc(Br)sc2c2cnn(Cc3ccc(F)c(N)c3)c(=O)c21. The third-order valence-corrected chi connectivity index (χ3v) is 5.70. The lowest BCUT2D eigenvalue weighted by Gasteiger charge is -2.07. The van der Waals surface area contributed by atoms with Crippen LogP contribution in [-0.2, 0) is 13.6 Å². The number of rotatable bonds is 2. The fourth-order valence-corrected chi connectivity index (χ4v) is 4.49. The van der Waals surface area contributed by atoms with Crippen LogP contribution < -0.4 is 11.3 Å². The molecule has 0 spiro atoms. The molecule has 122 valence electrons. The second-order valence-corrected chi connectivity index (χ2v) is 7.98. The summed E-state index contributed by atoms with van der Waals surface area (Å²) in [5.41, 5.74) is 7.79. The van der Waals surface area contributed by atoms with Gasteiger partial charge in [-0.2, -0.15) is 5.10 Å². The number of nitrogen functional groups attached to an aromatic ring is 1. The Labute approximate surface area is 148 Å². The number of nitrogens with zero attached hydrogens (tertiary/aromatic N) is 3. The minimum atomic E-state index is -0.470. The zero-order valence-corrected chi connectivity index (χ0v) is 15.0. The predicted molar refractivity (Wildman–Crippen MR) is 98.0 cm³/mol. The van der Waals surface area contributed by atoms with Gasteiger partial charge in [0.25, 0.3) is 5.56 Å². The molecule has 0 radical (unpaired) electrons. The molecule has 0 atom stereocenters. The summed E-state index contributed by atoms with van der Waals surface area (Å²) in [5, 5.41) is 5.11. The largest absolute Gasteiger partial charge is 0.396 e. The molecular weight excluding hydrogens is 395 g/mol. The Morgan fingerprint density at radius 2 is 2.17 bits per heavy atom. The summed E-state index contributed by atoms with van der Waals surface area (Å²) in [4.78, 5) is 12.8. The maximum atomic E-state index is 13.3. The van der Waals surface area contributed by atoms with Gasteiger partial charge < -0.3 is 10.3 Å². The van der Waals surface area contributed by atoms with Gasteiger partial charge in [-0.15, -0.1) is 11.3 Å². The fourth-order valence-electron chi connectivity index (χ4n) is 2.86. The molecule has 2 N–H and O–H groups in total. The molecule has 0 aliphatic carbocycles. The number of nitrogens with two attached hydrogens (primary N) is 1. The molecule has 4 aromatic rings. The van der Waals surface area contributed by atoms with Crippen LogP contribution in [0, 0.1) is 5.82 Å². The van der Waals surface area contributed by atoms with Crippen LogP contribution in [-0.4, -0.2) is 14.3 Å². The molecule has 0 aliphatic rings. The van der Waals surface area contributed by atoms with E-state index in [1.807, 2.05) is 17.7 Å². The van der Waals surface area contributed by atoms with Crippen molar-refractivity contribution < 1.29 is 4.39 Å². The van der Waals surface area contributed by atoms with Crippen LogP contribution >= 0.6 is 27.3 Å². The molecule has 24 heavy (non-hydrogen) atoms. The van der Waals surface area contributed by atoms with Crippen molar-refractivity contribution in [2.24, 2.45) is 7.05 Å². The van der Waals surface area contributed by atoms with E-state index in [0.717, 1.165) is 25.0 Å². The lowest BCUT2D eigenvalue weighted by Crippen LogP contribution is -2.24. The lowest BCUT2D eigenvalue weighted by molar-refractivity contribution is 0.624. The smallest absolute Gasteiger partial charge is 0.291 e. The fraction of sp³-hybridized carbons (Fsp3) is 0.125. The maximum Gasteiger partial charge on any atom is 0.291 e. The number of aromatic nitrogens is 3. The van der Waals surface area contributed by atoms with Crippen LogP contribution in [0.15, 0.2) is 39.0 Å². The van der Waals surface area contributed by atoms with E-state index in [4.69, 9.17) is 5.73 Å². The van der Waals surface area contributed by atoms with Crippen LogP contribution in [0.25, 0.3) is 21.1 Å². The molecule has 4 rings (SSSR count). The minimum Gasteiger partial charge on any atom is -0.396 e. The summed E-state index contributed by atoms with van der Waals surface area (Å²) in [6.07, 6.45) is 1.70. The highest BCUT2D eigenvalue weighted by atomic mass is 79.9. The summed E-state index contributed by atoms with van der Waals surface area (Å²) in [7, 11) is 1.87. The first kappa shape index (κ1) is 15.3. The van der Waals surface area contributed by atoms with E-state index in [9.17, 15) is 9.18 Å². The number of fused-ring (bicyclic) bond motifs is 3. The first-order chi connectivity index (χ1) is 11.5. The van der Waals surface area contributed by atoms with Gasteiger partial charge in [0.1, 0.15) is 11.3 Å². The van der Waals surface area contributed by atoms with Crippen molar-refractivity contribution in [3.05, 3.63) is 56.0 Å². The summed E-state index contributed by atoms with van der Waals surface area (Å²) in [5.74, 6) is -0.470. The molecular formula is C16H12BrFN4OS. The average Bonchev–Trinajstić information content (AvgIpc) is 3.04.